The Hall–Kier alpha value is -2.62. The molecule has 2 atom stereocenters. The molecule has 1 saturated heterocycles. The lowest BCUT2D eigenvalue weighted by Crippen LogP contribution is -3.16. The maximum Gasteiger partial charge on any atom is 0.284 e. The van der Waals surface area contributed by atoms with Gasteiger partial charge in [0, 0.05) is 29.6 Å². The SMILES string of the molecule is C=CCN(C(=O)C[NH+]1C[C@H](C)O[C@@H](C)C1)c1nc(-c2ccc([N+](=O)[O-])cc2)cs1. The number of nitro groups is 1. The van der Waals surface area contributed by atoms with Crippen LogP contribution >= 0.6 is 11.3 Å². The van der Waals surface area contributed by atoms with Gasteiger partial charge < -0.3 is 9.64 Å². The van der Waals surface area contributed by atoms with Crippen molar-refractivity contribution >= 4 is 28.1 Å². The van der Waals surface area contributed by atoms with Crippen LogP contribution in [0.4, 0.5) is 10.8 Å². The summed E-state index contributed by atoms with van der Waals surface area (Å²) in [6.45, 7) is 10.2. The molecular formula is C20H25N4O4S+. The van der Waals surface area contributed by atoms with Gasteiger partial charge in [-0.3, -0.25) is 19.8 Å². The summed E-state index contributed by atoms with van der Waals surface area (Å²) in [5.41, 5.74) is 1.48. The molecule has 1 amide bonds. The summed E-state index contributed by atoms with van der Waals surface area (Å²) in [6.07, 6.45) is 1.94. The predicted octanol–water partition coefficient (Wildman–Crippen LogP) is 1.93. The Bertz CT molecular complexity index is 873. The number of amides is 1. The smallest absolute Gasteiger partial charge is 0.284 e. The second-order valence-electron chi connectivity index (χ2n) is 7.20. The van der Waals surface area contributed by atoms with Crippen LogP contribution < -0.4 is 9.80 Å². The van der Waals surface area contributed by atoms with E-state index in [1.165, 1.54) is 28.4 Å². The minimum atomic E-state index is -0.434. The monoisotopic (exact) mass is 417 g/mol. The number of carbonyl (C=O) groups is 1. The molecule has 2 aromatic rings. The topological polar surface area (TPSA) is 90.0 Å². The molecule has 2 heterocycles. The first-order valence-electron chi connectivity index (χ1n) is 9.48. The second-order valence-corrected chi connectivity index (χ2v) is 8.04. The van der Waals surface area contributed by atoms with E-state index in [2.05, 4.69) is 11.6 Å². The fraction of sp³-hybridized carbons (Fsp3) is 0.400. The molecule has 1 fully saturated rings. The van der Waals surface area contributed by atoms with Gasteiger partial charge in [0.15, 0.2) is 11.7 Å². The summed E-state index contributed by atoms with van der Waals surface area (Å²) in [5, 5.41) is 13.3. The maximum atomic E-state index is 13.0. The van der Waals surface area contributed by atoms with Crippen LogP contribution in [0.1, 0.15) is 13.8 Å². The quantitative estimate of drug-likeness (QED) is 0.422. The van der Waals surface area contributed by atoms with E-state index in [4.69, 9.17) is 4.74 Å². The molecule has 1 N–H and O–H groups in total. The van der Waals surface area contributed by atoms with Crippen molar-refractivity contribution in [1.82, 2.24) is 4.98 Å². The van der Waals surface area contributed by atoms with Crippen LogP contribution in [0.5, 0.6) is 0 Å². The Labute approximate surface area is 173 Å². The van der Waals surface area contributed by atoms with Gasteiger partial charge in [-0.2, -0.15) is 0 Å². The third-order valence-corrected chi connectivity index (χ3v) is 5.59. The summed E-state index contributed by atoms with van der Waals surface area (Å²) < 4.78 is 5.75. The van der Waals surface area contributed by atoms with E-state index in [0.29, 0.717) is 23.9 Å². The van der Waals surface area contributed by atoms with E-state index in [1.54, 1.807) is 23.1 Å². The zero-order valence-corrected chi connectivity index (χ0v) is 17.4. The van der Waals surface area contributed by atoms with E-state index in [1.807, 2.05) is 19.2 Å². The molecule has 1 aliphatic heterocycles. The number of ether oxygens (including phenoxy) is 1. The molecule has 9 heteroatoms. The molecule has 1 aliphatic rings. The predicted molar refractivity (Wildman–Crippen MR) is 112 cm³/mol. The van der Waals surface area contributed by atoms with Crippen molar-refractivity contribution in [1.29, 1.82) is 0 Å². The Morgan fingerprint density at radius 1 is 1.38 bits per heavy atom. The number of morpholine rings is 1. The van der Waals surface area contributed by atoms with Crippen LogP contribution in [0.15, 0.2) is 42.3 Å². The first-order chi connectivity index (χ1) is 13.9. The highest BCUT2D eigenvalue weighted by molar-refractivity contribution is 7.14. The number of quaternary nitrogens is 1. The van der Waals surface area contributed by atoms with Gasteiger partial charge in [0.25, 0.3) is 11.6 Å². The molecule has 0 aliphatic carbocycles. The molecule has 1 aromatic carbocycles. The van der Waals surface area contributed by atoms with Gasteiger partial charge >= 0.3 is 0 Å². The molecule has 1 aromatic heterocycles. The lowest BCUT2D eigenvalue weighted by Gasteiger charge is -2.32. The minimum Gasteiger partial charge on any atom is -0.364 e. The second kappa shape index (κ2) is 9.25. The van der Waals surface area contributed by atoms with Crippen molar-refractivity contribution in [3.63, 3.8) is 0 Å². The van der Waals surface area contributed by atoms with E-state index in [9.17, 15) is 14.9 Å². The number of benzene rings is 1. The van der Waals surface area contributed by atoms with Gasteiger partial charge in [0.2, 0.25) is 0 Å². The first-order valence-corrected chi connectivity index (χ1v) is 10.4. The molecule has 154 valence electrons. The Morgan fingerprint density at radius 2 is 2.03 bits per heavy atom. The number of thiazole rings is 1. The number of rotatable bonds is 7. The standard InChI is InChI=1S/C20H24N4O4S/c1-4-9-23(19(25)12-22-10-14(2)28-15(3)11-22)20-21-18(13-29-20)16-5-7-17(8-6-16)24(26)27/h4-8,13-15H,1,9-12H2,2-3H3/p+1/t14-,15-/m0/s1. The Kier molecular flexibility index (Phi) is 6.73. The average molecular weight is 418 g/mol. The number of nitrogens with one attached hydrogen (secondary N) is 1. The molecule has 0 spiro atoms. The van der Waals surface area contributed by atoms with Crippen molar-refractivity contribution in [2.45, 2.75) is 26.1 Å². The molecule has 0 bridgehead atoms. The average Bonchev–Trinajstić information content (AvgIpc) is 3.15. The number of hydrogen-bond acceptors (Lipinski definition) is 6. The number of hydrogen-bond donors (Lipinski definition) is 1. The highest BCUT2D eigenvalue weighted by Gasteiger charge is 2.29. The summed E-state index contributed by atoms with van der Waals surface area (Å²) in [6, 6.07) is 6.23. The number of non-ortho nitro benzene ring substituents is 1. The van der Waals surface area contributed by atoms with Crippen LogP contribution in [0.3, 0.4) is 0 Å². The zero-order chi connectivity index (χ0) is 21.0. The molecule has 3 rings (SSSR count). The van der Waals surface area contributed by atoms with Gasteiger partial charge in [0.05, 0.1) is 10.6 Å². The fourth-order valence-corrected chi connectivity index (χ4v) is 4.39. The Morgan fingerprint density at radius 3 is 2.62 bits per heavy atom. The Balaban J connectivity index is 1.74. The molecule has 8 nitrogen and oxygen atoms in total. The normalized spacial score (nSPS) is 21.5. The molecule has 0 unspecified atom stereocenters. The highest BCUT2D eigenvalue weighted by atomic mass is 32.1. The maximum absolute atomic E-state index is 13.0. The zero-order valence-electron chi connectivity index (χ0n) is 16.5. The van der Waals surface area contributed by atoms with E-state index < -0.39 is 4.92 Å². The third kappa shape index (κ3) is 5.26. The van der Waals surface area contributed by atoms with Gasteiger partial charge in [-0.15, -0.1) is 17.9 Å². The van der Waals surface area contributed by atoms with Crippen molar-refractivity contribution in [3.8, 4) is 11.3 Å². The van der Waals surface area contributed by atoms with Gasteiger partial charge in [-0.05, 0) is 26.0 Å². The van der Waals surface area contributed by atoms with E-state index in [-0.39, 0.29) is 23.8 Å². The highest BCUT2D eigenvalue weighted by Crippen LogP contribution is 2.28. The number of nitrogens with zero attached hydrogens (tertiary/aromatic N) is 3. The fourth-order valence-electron chi connectivity index (χ4n) is 3.53. The molecule has 0 radical (unpaired) electrons. The summed E-state index contributed by atoms with van der Waals surface area (Å²) in [7, 11) is 0. The summed E-state index contributed by atoms with van der Waals surface area (Å²) in [5.74, 6) is -0.00852. The van der Waals surface area contributed by atoms with Crippen LogP contribution in [0.25, 0.3) is 11.3 Å². The van der Waals surface area contributed by atoms with Crippen molar-refractivity contribution < 1.29 is 19.4 Å². The number of aromatic nitrogens is 1. The van der Waals surface area contributed by atoms with Crippen LogP contribution in [0.2, 0.25) is 0 Å². The lowest BCUT2D eigenvalue weighted by atomic mass is 10.1. The molecule has 29 heavy (non-hydrogen) atoms. The number of nitro benzene ring substituents is 1. The van der Waals surface area contributed by atoms with E-state index >= 15 is 0 Å². The van der Waals surface area contributed by atoms with Crippen LogP contribution in [-0.2, 0) is 9.53 Å². The molecular weight excluding hydrogens is 392 g/mol. The van der Waals surface area contributed by atoms with Gasteiger partial charge in [-0.25, -0.2) is 4.98 Å². The van der Waals surface area contributed by atoms with Crippen molar-refractivity contribution in [2.75, 3.05) is 31.1 Å². The van der Waals surface area contributed by atoms with Gasteiger partial charge in [-0.1, -0.05) is 6.08 Å². The van der Waals surface area contributed by atoms with Crippen LogP contribution in [-0.4, -0.2) is 54.2 Å². The lowest BCUT2D eigenvalue weighted by molar-refractivity contribution is -0.907. The van der Waals surface area contributed by atoms with Crippen molar-refractivity contribution in [2.24, 2.45) is 0 Å². The third-order valence-electron chi connectivity index (χ3n) is 4.73. The van der Waals surface area contributed by atoms with Crippen LogP contribution in [0, 0.1) is 10.1 Å². The number of anilines is 1. The largest absolute Gasteiger partial charge is 0.364 e. The number of carbonyl (C=O) groups excluding carboxylic acids is 1. The minimum absolute atomic E-state index is 0.00852. The van der Waals surface area contributed by atoms with Gasteiger partial charge in [0.1, 0.15) is 25.3 Å². The first kappa shape index (κ1) is 21.1. The van der Waals surface area contributed by atoms with Crippen molar-refractivity contribution in [3.05, 3.63) is 52.4 Å². The van der Waals surface area contributed by atoms with E-state index in [0.717, 1.165) is 18.7 Å². The summed E-state index contributed by atoms with van der Waals surface area (Å²) >= 11 is 1.37. The summed E-state index contributed by atoms with van der Waals surface area (Å²) in [4.78, 5) is 30.8. The molecule has 0 saturated carbocycles.